The molecular formula is C12H15ClN4O. The van der Waals surface area contributed by atoms with E-state index in [1.807, 2.05) is 29.2 Å². The molecule has 3 rings (SSSR count). The number of hydrogen-bond donors (Lipinski definition) is 0. The average molecular weight is 267 g/mol. The summed E-state index contributed by atoms with van der Waals surface area (Å²) in [6.07, 6.45) is 3.37. The molecule has 5 nitrogen and oxygen atoms in total. The maximum Gasteiger partial charge on any atom is 0.346 e. The third-order valence-electron chi connectivity index (χ3n) is 3.16. The third-order valence-corrected chi connectivity index (χ3v) is 3.16. The van der Waals surface area contributed by atoms with E-state index < -0.39 is 0 Å². The summed E-state index contributed by atoms with van der Waals surface area (Å²) in [4.78, 5) is 14.1. The van der Waals surface area contributed by atoms with Crippen LogP contribution in [0.3, 0.4) is 0 Å². The van der Waals surface area contributed by atoms with Crippen LogP contribution in [0, 0.1) is 0 Å². The van der Waals surface area contributed by atoms with Crippen LogP contribution in [0.25, 0.3) is 11.0 Å². The van der Waals surface area contributed by atoms with Gasteiger partial charge in [-0.2, -0.15) is 4.68 Å². The first kappa shape index (κ1) is 12.8. The summed E-state index contributed by atoms with van der Waals surface area (Å²) in [5, 5.41) is 7.95. The molecule has 1 aliphatic rings. The van der Waals surface area contributed by atoms with Gasteiger partial charge < -0.3 is 4.90 Å². The van der Waals surface area contributed by atoms with Gasteiger partial charge in [0.05, 0.1) is 5.52 Å². The van der Waals surface area contributed by atoms with Crippen LogP contribution < -0.4 is 0 Å². The molecule has 0 bridgehead atoms. The van der Waals surface area contributed by atoms with Crippen molar-refractivity contribution >= 4 is 29.5 Å². The molecule has 1 aromatic carbocycles. The minimum atomic E-state index is -0.0570. The Hall–Kier alpha value is -1.62. The van der Waals surface area contributed by atoms with Crippen molar-refractivity contribution in [2.75, 3.05) is 13.1 Å². The summed E-state index contributed by atoms with van der Waals surface area (Å²) < 4.78 is 1.40. The Labute approximate surface area is 111 Å². The zero-order valence-corrected chi connectivity index (χ0v) is 10.8. The highest BCUT2D eigenvalue weighted by atomic mass is 35.5. The van der Waals surface area contributed by atoms with Gasteiger partial charge in [-0.05, 0) is 31.4 Å². The van der Waals surface area contributed by atoms with Gasteiger partial charge in [0.15, 0.2) is 0 Å². The first-order valence-corrected chi connectivity index (χ1v) is 5.96. The lowest BCUT2D eigenvalue weighted by Gasteiger charge is -2.25. The molecule has 1 amide bonds. The van der Waals surface area contributed by atoms with Crippen molar-refractivity contribution in [1.82, 2.24) is 19.9 Å². The largest absolute Gasteiger partial charge is 0.346 e. The van der Waals surface area contributed by atoms with E-state index in [1.54, 1.807) is 0 Å². The molecule has 0 aliphatic carbocycles. The number of para-hydroxylation sites is 1. The molecule has 0 atom stereocenters. The SMILES string of the molecule is Cl.O=C(N1CCCCC1)n1nnc2ccccc21. The van der Waals surface area contributed by atoms with E-state index in [9.17, 15) is 4.79 Å². The fourth-order valence-electron chi connectivity index (χ4n) is 2.23. The Balaban J connectivity index is 0.00000120. The van der Waals surface area contributed by atoms with E-state index in [4.69, 9.17) is 0 Å². The van der Waals surface area contributed by atoms with Gasteiger partial charge in [-0.25, -0.2) is 4.79 Å². The number of halogens is 1. The summed E-state index contributed by atoms with van der Waals surface area (Å²) in [6.45, 7) is 1.65. The quantitative estimate of drug-likeness (QED) is 0.735. The molecule has 1 aromatic heterocycles. The number of amides is 1. The van der Waals surface area contributed by atoms with Crippen molar-refractivity contribution in [2.24, 2.45) is 0 Å². The highest BCUT2D eigenvalue weighted by molar-refractivity contribution is 5.87. The van der Waals surface area contributed by atoms with Crippen molar-refractivity contribution in [3.8, 4) is 0 Å². The van der Waals surface area contributed by atoms with Crippen LogP contribution >= 0.6 is 12.4 Å². The molecule has 1 fully saturated rings. The van der Waals surface area contributed by atoms with Gasteiger partial charge in [0, 0.05) is 13.1 Å². The first-order chi connectivity index (χ1) is 8.36. The van der Waals surface area contributed by atoms with Crippen molar-refractivity contribution in [3.63, 3.8) is 0 Å². The van der Waals surface area contributed by atoms with Gasteiger partial charge in [0.25, 0.3) is 0 Å². The molecular weight excluding hydrogens is 252 g/mol. The lowest BCUT2D eigenvalue weighted by atomic mass is 10.1. The number of rotatable bonds is 0. The number of likely N-dealkylation sites (tertiary alicyclic amines) is 1. The summed E-state index contributed by atoms with van der Waals surface area (Å²) in [7, 11) is 0. The second-order valence-corrected chi connectivity index (χ2v) is 4.32. The van der Waals surface area contributed by atoms with Crippen LogP contribution in [0.2, 0.25) is 0 Å². The number of aromatic nitrogens is 3. The summed E-state index contributed by atoms with van der Waals surface area (Å²) >= 11 is 0. The average Bonchev–Trinajstić information content (AvgIpc) is 2.83. The first-order valence-electron chi connectivity index (χ1n) is 5.96. The third kappa shape index (κ3) is 2.18. The summed E-state index contributed by atoms with van der Waals surface area (Å²) in [5.41, 5.74) is 1.54. The van der Waals surface area contributed by atoms with Gasteiger partial charge in [0.1, 0.15) is 5.52 Å². The molecule has 0 saturated carbocycles. The van der Waals surface area contributed by atoms with Gasteiger partial charge >= 0.3 is 6.03 Å². The Morgan fingerprint density at radius 3 is 2.61 bits per heavy atom. The second-order valence-electron chi connectivity index (χ2n) is 4.32. The van der Waals surface area contributed by atoms with E-state index in [0.717, 1.165) is 37.0 Å². The van der Waals surface area contributed by atoms with Crippen LogP contribution in [0.4, 0.5) is 4.79 Å². The smallest absolute Gasteiger partial charge is 0.323 e. The molecule has 2 aromatic rings. The molecule has 0 radical (unpaired) electrons. The Morgan fingerprint density at radius 1 is 1.11 bits per heavy atom. The molecule has 0 spiro atoms. The predicted octanol–water partition coefficient (Wildman–Crippen LogP) is 2.31. The zero-order chi connectivity index (χ0) is 11.7. The maximum atomic E-state index is 12.3. The van der Waals surface area contributed by atoms with Crippen LogP contribution in [-0.2, 0) is 0 Å². The minimum Gasteiger partial charge on any atom is -0.323 e. The Morgan fingerprint density at radius 2 is 1.83 bits per heavy atom. The highest BCUT2D eigenvalue weighted by Crippen LogP contribution is 2.14. The van der Waals surface area contributed by atoms with Gasteiger partial charge in [0.2, 0.25) is 0 Å². The van der Waals surface area contributed by atoms with E-state index in [1.165, 1.54) is 11.1 Å². The minimum absolute atomic E-state index is 0. The fourth-order valence-corrected chi connectivity index (χ4v) is 2.23. The molecule has 0 unspecified atom stereocenters. The lowest BCUT2D eigenvalue weighted by molar-refractivity contribution is 0.185. The zero-order valence-electron chi connectivity index (χ0n) is 9.95. The fraction of sp³-hybridized carbons (Fsp3) is 0.417. The standard InChI is InChI=1S/C12H14N4O.ClH/c17-12(15-8-4-1-5-9-15)16-11-7-3-2-6-10(11)13-14-16;/h2-3,6-7H,1,4-5,8-9H2;1H. The number of nitrogens with zero attached hydrogens (tertiary/aromatic N) is 4. The molecule has 6 heteroatoms. The van der Waals surface area contributed by atoms with Gasteiger partial charge in [-0.1, -0.05) is 17.3 Å². The molecule has 0 N–H and O–H groups in total. The van der Waals surface area contributed by atoms with Crippen LogP contribution in [0.5, 0.6) is 0 Å². The van der Waals surface area contributed by atoms with Crippen LogP contribution in [0.15, 0.2) is 24.3 Å². The van der Waals surface area contributed by atoms with Gasteiger partial charge in [-0.15, -0.1) is 17.5 Å². The topological polar surface area (TPSA) is 51.0 Å². The maximum absolute atomic E-state index is 12.3. The van der Waals surface area contributed by atoms with Crippen molar-refractivity contribution in [2.45, 2.75) is 19.3 Å². The number of benzene rings is 1. The molecule has 18 heavy (non-hydrogen) atoms. The summed E-state index contributed by atoms with van der Waals surface area (Å²) in [6, 6.07) is 7.47. The molecule has 1 aliphatic heterocycles. The van der Waals surface area contributed by atoms with Crippen molar-refractivity contribution < 1.29 is 4.79 Å². The predicted molar refractivity (Wildman–Crippen MR) is 71.0 cm³/mol. The number of hydrogen-bond acceptors (Lipinski definition) is 3. The second kappa shape index (κ2) is 5.35. The highest BCUT2D eigenvalue weighted by Gasteiger charge is 2.20. The molecule has 1 saturated heterocycles. The number of carbonyl (C=O) groups excluding carboxylic acids is 1. The lowest BCUT2D eigenvalue weighted by Crippen LogP contribution is -2.38. The van der Waals surface area contributed by atoms with E-state index in [2.05, 4.69) is 10.3 Å². The molecule has 96 valence electrons. The number of piperidine rings is 1. The van der Waals surface area contributed by atoms with Crippen LogP contribution in [-0.4, -0.2) is 39.0 Å². The van der Waals surface area contributed by atoms with Gasteiger partial charge in [-0.3, -0.25) is 0 Å². The monoisotopic (exact) mass is 266 g/mol. The Bertz CT molecular complexity index is 548. The Kier molecular flexibility index (Phi) is 3.81. The van der Waals surface area contributed by atoms with E-state index in [-0.39, 0.29) is 18.4 Å². The van der Waals surface area contributed by atoms with Crippen LogP contribution in [0.1, 0.15) is 19.3 Å². The van der Waals surface area contributed by atoms with Crippen molar-refractivity contribution in [1.29, 1.82) is 0 Å². The van der Waals surface area contributed by atoms with E-state index >= 15 is 0 Å². The normalized spacial score (nSPS) is 15.4. The number of carbonyl (C=O) groups is 1. The summed E-state index contributed by atoms with van der Waals surface area (Å²) in [5.74, 6) is 0. The van der Waals surface area contributed by atoms with Crippen molar-refractivity contribution in [3.05, 3.63) is 24.3 Å². The van der Waals surface area contributed by atoms with E-state index in [0.29, 0.717) is 0 Å². The number of fused-ring (bicyclic) bond motifs is 1. The molecule has 2 heterocycles.